The van der Waals surface area contributed by atoms with Crippen molar-refractivity contribution in [3.63, 3.8) is 0 Å². The summed E-state index contributed by atoms with van der Waals surface area (Å²) in [6, 6.07) is 0. The number of hydrogen-bond donors (Lipinski definition) is 0. The van der Waals surface area contributed by atoms with Crippen molar-refractivity contribution in [3.8, 4) is 0 Å². The van der Waals surface area contributed by atoms with Crippen molar-refractivity contribution in [3.05, 3.63) is 42.4 Å². The average molecular weight is 229 g/mol. The Kier molecular flexibility index (Phi) is 3.29. The van der Waals surface area contributed by atoms with Crippen LogP contribution in [0.2, 0.25) is 0 Å². The van der Waals surface area contributed by atoms with E-state index in [1.165, 1.54) is 4.52 Å². The van der Waals surface area contributed by atoms with Crippen LogP contribution in [-0.2, 0) is 0 Å². The molecule has 0 aromatic carbocycles. The van der Waals surface area contributed by atoms with Gasteiger partial charge in [-0.2, -0.15) is 4.52 Å². The number of rotatable bonds is 0. The van der Waals surface area contributed by atoms with Gasteiger partial charge < -0.3 is 0 Å². The van der Waals surface area contributed by atoms with Crippen LogP contribution in [-0.4, -0.2) is 35.0 Å². The monoisotopic (exact) mass is 229 g/mol. The van der Waals surface area contributed by atoms with Crippen LogP contribution in [0, 0.1) is 13.8 Å². The Morgan fingerprint density at radius 1 is 1.06 bits per heavy atom. The third-order valence-electron chi connectivity index (χ3n) is 1.98. The van der Waals surface area contributed by atoms with Crippen molar-refractivity contribution in [1.29, 1.82) is 0 Å². The van der Waals surface area contributed by atoms with Gasteiger partial charge in [0.25, 0.3) is 0 Å². The van der Waals surface area contributed by atoms with E-state index in [1.54, 1.807) is 31.1 Å². The molecule has 86 valence electrons. The SMILES string of the molecule is Cc1cnccn1.Cc1cncn2nnnc12. The molecule has 0 aliphatic carbocycles. The summed E-state index contributed by atoms with van der Waals surface area (Å²) in [5.74, 6) is 0. The fourth-order valence-corrected chi connectivity index (χ4v) is 1.17. The average Bonchev–Trinajstić information content (AvgIpc) is 2.80. The lowest BCUT2D eigenvalue weighted by Gasteiger charge is -1.89. The van der Waals surface area contributed by atoms with Gasteiger partial charge in [0.2, 0.25) is 0 Å². The number of aryl methyl sites for hydroxylation is 2. The summed E-state index contributed by atoms with van der Waals surface area (Å²) in [4.78, 5) is 11.6. The minimum Gasteiger partial charge on any atom is -0.261 e. The van der Waals surface area contributed by atoms with E-state index in [0.29, 0.717) is 0 Å². The van der Waals surface area contributed by atoms with Crippen LogP contribution in [0.3, 0.4) is 0 Å². The topological polar surface area (TPSA) is 81.8 Å². The number of aromatic nitrogens is 7. The molecule has 3 heterocycles. The molecule has 0 aliphatic rings. The molecule has 0 unspecified atom stereocenters. The molecule has 7 nitrogen and oxygen atoms in total. The van der Waals surface area contributed by atoms with Gasteiger partial charge in [-0.25, -0.2) is 4.98 Å². The Hall–Kier alpha value is -2.44. The van der Waals surface area contributed by atoms with E-state index >= 15 is 0 Å². The molecule has 17 heavy (non-hydrogen) atoms. The molecule has 0 saturated heterocycles. The van der Waals surface area contributed by atoms with Crippen LogP contribution >= 0.6 is 0 Å². The molecule has 0 N–H and O–H groups in total. The predicted octanol–water partition coefficient (Wildman–Crippen LogP) is 0.613. The number of tetrazole rings is 1. The Bertz CT molecular complexity index is 590. The zero-order valence-electron chi connectivity index (χ0n) is 9.52. The van der Waals surface area contributed by atoms with Crippen LogP contribution in [0.15, 0.2) is 31.1 Å². The first-order valence-corrected chi connectivity index (χ1v) is 4.98. The van der Waals surface area contributed by atoms with E-state index in [0.717, 1.165) is 16.9 Å². The van der Waals surface area contributed by atoms with E-state index in [9.17, 15) is 0 Å². The largest absolute Gasteiger partial charge is 0.261 e. The summed E-state index contributed by atoms with van der Waals surface area (Å²) < 4.78 is 1.54. The molecule has 0 bridgehead atoms. The molecule has 7 heteroatoms. The Morgan fingerprint density at radius 3 is 2.53 bits per heavy atom. The van der Waals surface area contributed by atoms with Crippen LogP contribution in [0.1, 0.15) is 11.3 Å². The molecule has 3 rings (SSSR count). The molecule has 0 atom stereocenters. The van der Waals surface area contributed by atoms with Gasteiger partial charge in [-0.3, -0.25) is 9.97 Å². The Labute approximate surface area is 97.6 Å². The van der Waals surface area contributed by atoms with Crippen molar-refractivity contribution in [2.75, 3.05) is 0 Å². The highest BCUT2D eigenvalue weighted by atomic mass is 15.5. The van der Waals surface area contributed by atoms with Crippen LogP contribution < -0.4 is 0 Å². The third kappa shape index (κ3) is 2.77. The lowest BCUT2D eigenvalue weighted by atomic mass is 10.4. The van der Waals surface area contributed by atoms with Crippen LogP contribution in [0.4, 0.5) is 0 Å². The van der Waals surface area contributed by atoms with Gasteiger partial charge in [0.05, 0.1) is 5.69 Å². The normalized spacial score (nSPS) is 9.76. The highest BCUT2D eigenvalue weighted by Gasteiger charge is 1.97. The highest BCUT2D eigenvalue weighted by Crippen LogP contribution is 1.99. The Balaban J connectivity index is 0.000000136. The summed E-state index contributed by atoms with van der Waals surface area (Å²) in [5, 5.41) is 10.9. The molecule has 0 radical (unpaired) electrons. The molecule has 0 amide bonds. The summed E-state index contributed by atoms with van der Waals surface area (Å²) in [6.45, 7) is 3.83. The number of fused-ring (bicyclic) bond motifs is 1. The molecule has 0 spiro atoms. The first-order chi connectivity index (χ1) is 8.27. The lowest BCUT2D eigenvalue weighted by Crippen LogP contribution is -1.90. The highest BCUT2D eigenvalue weighted by molar-refractivity contribution is 5.41. The van der Waals surface area contributed by atoms with Crippen molar-refractivity contribution in [1.82, 2.24) is 35.0 Å². The van der Waals surface area contributed by atoms with Crippen molar-refractivity contribution in [2.45, 2.75) is 13.8 Å². The number of nitrogens with zero attached hydrogens (tertiary/aromatic N) is 7. The van der Waals surface area contributed by atoms with Crippen LogP contribution in [0.25, 0.3) is 5.65 Å². The number of hydrogen-bond acceptors (Lipinski definition) is 6. The van der Waals surface area contributed by atoms with E-state index < -0.39 is 0 Å². The van der Waals surface area contributed by atoms with E-state index in [4.69, 9.17) is 0 Å². The smallest absolute Gasteiger partial charge is 0.185 e. The lowest BCUT2D eigenvalue weighted by molar-refractivity contribution is 0.808. The fraction of sp³-hybridized carbons (Fsp3) is 0.200. The second-order valence-corrected chi connectivity index (χ2v) is 3.37. The standard InChI is InChI=1S/C5H5N5.C5H6N2/c1-4-2-6-3-10-5(4)7-8-9-10;1-5-4-6-2-3-7-5/h2-3H,1H3;2-4H,1H3. The molecule has 0 saturated carbocycles. The summed E-state index contributed by atoms with van der Waals surface area (Å²) in [7, 11) is 0. The molecule has 0 fully saturated rings. The quantitative estimate of drug-likeness (QED) is 0.561. The van der Waals surface area contributed by atoms with E-state index in [2.05, 4.69) is 30.5 Å². The van der Waals surface area contributed by atoms with Gasteiger partial charge >= 0.3 is 0 Å². The Morgan fingerprint density at radius 2 is 1.94 bits per heavy atom. The minimum atomic E-state index is 0.759. The first kappa shape index (κ1) is 11.1. The van der Waals surface area contributed by atoms with Crippen molar-refractivity contribution < 1.29 is 0 Å². The molecular formula is C10H11N7. The zero-order chi connectivity index (χ0) is 12.1. The third-order valence-corrected chi connectivity index (χ3v) is 1.98. The summed E-state index contributed by atoms with van der Waals surface area (Å²) >= 11 is 0. The fourth-order valence-electron chi connectivity index (χ4n) is 1.17. The van der Waals surface area contributed by atoms with Gasteiger partial charge in [0.1, 0.15) is 6.33 Å². The molecular weight excluding hydrogens is 218 g/mol. The molecule has 3 aromatic heterocycles. The molecule has 0 aliphatic heterocycles. The van der Waals surface area contributed by atoms with Crippen LogP contribution in [0.5, 0.6) is 0 Å². The first-order valence-electron chi connectivity index (χ1n) is 4.98. The maximum absolute atomic E-state index is 3.92. The van der Waals surface area contributed by atoms with Gasteiger partial charge in [-0.05, 0) is 24.3 Å². The van der Waals surface area contributed by atoms with Crippen molar-refractivity contribution in [2.24, 2.45) is 0 Å². The van der Waals surface area contributed by atoms with E-state index in [-0.39, 0.29) is 0 Å². The maximum atomic E-state index is 3.92. The molecule has 3 aromatic rings. The minimum absolute atomic E-state index is 0.759. The van der Waals surface area contributed by atoms with Gasteiger partial charge in [0, 0.05) is 30.4 Å². The maximum Gasteiger partial charge on any atom is 0.185 e. The van der Waals surface area contributed by atoms with Crippen molar-refractivity contribution >= 4 is 5.65 Å². The second-order valence-electron chi connectivity index (χ2n) is 3.37. The van der Waals surface area contributed by atoms with Gasteiger partial charge in [0.15, 0.2) is 5.65 Å². The summed E-state index contributed by atoms with van der Waals surface area (Å²) in [5.41, 5.74) is 2.70. The summed E-state index contributed by atoms with van der Waals surface area (Å²) in [6.07, 6.45) is 8.36. The predicted molar refractivity (Wildman–Crippen MR) is 60.1 cm³/mol. The second kappa shape index (κ2) is 5.06. The van der Waals surface area contributed by atoms with Gasteiger partial charge in [-0.15, -0.1) is 5.10 Å². The zero-order valence-corrected chi connectivity index (χ0v) is 9.52. The van der Waals surface area contributed by atoms with Gasteiger partial charge in [-0.1, -0.05) is 0 Å². The van der Waals surface area contributed by atoms with E-state index in [1.807, 2.05) is 13.8 Å².